The molecule has 0 radical (unpaired) electrons. The molecule has 0 aliphatic carbocycles. The van der Waals surface area contributed by atoms with Crippen LogP contribution < -0.4 is 4.90 Å². The van der Waals surface area contributed by atoms with Crippen LogP contribution in [0.15, 0.2) is 24.3 Å². The Morgan fingerprint density at radius 1 is 1.21 bits per heavy atom. The molecule has 176 valence electrons. The summed E-state index contributed by atoms with van der Waals surface area (Å²) in [5, 5.41) is 16.5. The number of aryl methyl sites for hydroxylation is 1. The van der Waals surface area contributed by atoms with Crippen molar-refractivity contribution in [2.45, 2.75) is 32.1 Å². The van der Waals surface area contributed by atoms with E-state index in [4.69, 9.17) is 15.1 Å². The molecule has 0 spiro atoms. The van der Waals surface area contributed by atoms with Crippen LogP contribution in [-0.4, -0.2) is 50.3 Å². The molecule has 0 amide bonds. The van der Waals surface area contributed by atoms with Crippen LogP contribution in [0.5, 0.6) is 0 Å². The summed E-state index contributed by atoms with van der Waals surface area (Å²) in [6, 6.07) is 8.32. The van der Waals surface area contributed by atoms with Crippen molar-refractivity contribution >= 4 is 50.5 Å². The van der Waals surface area contributed by atoms with Gasteiger partial charge in [0.2, 0.25) is 4.96 Å². The molecule has 7 nitrogen and oxygen atoms in total. The highest BCUT2D eigenvalue weighted by Gasteiger charge is 2.27. The molecule has 4 aromatic rings. The maximum absolute atomic E-state index is 13.4. The van der Waals surface area contributed by atoms with Crippen molar-refractivity contribution in [3.8, 4) is 17.3 Å². The summed E-state index contributed by atoms with van der Waals surface area (Å²) in [5.41, 5.74) is 2.23. The van der Waals surface area contributed by atoms with E-state index < -0.39 is 0 Å². The van der Waals surface area contributed by atoms with Crippen molar-refractivity contribution in [3.05, 3.63) is 45.7 Å². The Labute approximate surface area is 210 Å². The number of nitrogens with zero attached hydrogens (tertiary/aromatic N) is 7. The lowest BCUT2D eigenvalue weighted by molar-refractivity contribution is 0.345. The van der Waals surface area contributed by atoms with Crippen LogP contribution in [0.4, 0.5) is 15.3 Å². The number of hydrogen-bond acceptors (Lipinski definition) is 9. The van der Waals surface area contributed by atoms with E-state index in [2.05, 4.69) is 23.6 Å². The van der Waals surface area contributed by atoms with Crippen molar-refractivity contribution in [2.24, 2.45) is 0 Å². The van der Waals surface area contributed by atoms with E-state index in [1.165, 1.54) is 23.5 Å². The largest absolute Gasteiger partial charge is 0.304 e. The quantitative estimate of drug-likeness (QED) is 0.306. The van der Waals surface area contributed by atoms with E-state index in [1.807, 2.05) is 28.4 Å². The molecule has 11 heteroatoms. The van der Waals surface area contributed by atoms with Gasteiger partial charge in [0.05, 0.1) is 5.69 Å². The van der Waals surface area contributed by atoms with Gasteiger partial charge in [0.15, 0.2) is 10.9 Å². The second-order valence-electron chi connectivity index (χ2n) is 8.11. The lowest BCUT2D eigenvalue weighted by Crippen LogP contribution is -2.27. The monoisotopic (exact) mass is 513 g/mol. The second kappa shape index (κ2) is 9.62. The van der Waals surface area contributed by atoms with Crippen molar-refractivity contribution in [1.82, 2.24) is 23.9 Å². The normalized spacial score (nSPS) is 15.1. The lowest BCUT2D eigenvalue weighted by Gasteiger charge is -2.28. The molecule has 1 saturated heterocycles. The molecule has 4 heterocycles. The molecule has 0 bridgehead atoms. The van der Waals surface area contributed by atoms with Crippen LogP contribution in [0.3, 0.4) is 0 Å². The van der Waals surface area contributed by atoms with Gasteiger partial charge >= 0.3 is 0 Å². The topological polar surface area (TPSA) is 73.4 Å². The molecule has 3 aromatic heterocycles. The van der Waals surface area contributed by atoms with Gasteiger partial charge in [0, 0.05) is 31.6 Å². The predicted octanol–water partition coefficient (Wildman–Crippen LogP) is 5.71. The summed E-state index contributed by atoms with van der Waals surface area (Å²) < 4.78 is 17.7. The van der Waals surface area contributed by atoms with E-state index >= 15 is 0 Å². The first-order valence-corrected chi connectivity index (χ1v) is 13.9. The second-order valence-corrected chi connectivity index (χ2v) is 11.0. The number of anilines is 2. The predicted molar refractivity (Wildman–Crippen MR) is 138 cm³/mol. The maximum Gasteiger partial charge on any atom is 0.214 e. The highest BCUT2D eigenvalue weighted by Crippen LogP contribution is 2.39. The van der Waals surface area contributed by atoms with Gasteiger partial charge in [-0.15, -0.1) is 0 Å². The fourth-order valence-corrected chi connectivity index (χ4v) is 6.75. The van der Waals surface area contributed by atoms with Crippen LogP contribution >= 0.6 is 34.6 Å². The van der Waals surface area contributed by atoms with Crippen LogP contribution in [0.1, 0.15) is 41.3 Å². The lowest BCUT2D eigenvalue weighted by atomic mass is 9.99. The SMILES string of the molecule is CCc1nc2sc(C3CCN(SC)CC3)nn2c1N(C)c1nc(-c2ccc(F)cc2)c(C#N)s1. The Hall–Kier alpha value is -2.52. The van der Waals surface area contributed by atoms with E-state index in [9.17, 15) is 9.65 Å². The zero-order valence-electron chi connectivity index (χ0n) is 19.2. The van der Waals surface area contributed by atoms with Crippen LogP contribution in [0.25, 0.3) is 16.2 Å². The summed E-state index contributed by atoms with van der Waals surface area (Å²) in [4.78, 5) is 13.0. The molecule has 0 unspecified atom stereocenters. The number of benzene rings is 1. The molecular formula is C23H24FN7S3. The number of hydrogen-bond donors (Lipinski definition) is 0. The molecule has 0 atom stereocenters. The minimum absolute atomic E-state index is 0.317. The Balaban J connectivity index is 1.50. The number of rotatable bonds is 6. The summed E-state index contributed by atoms with van der Waals surface area (Å²) >= 11 is 4.79. The van der Waals surface area contributed by atoms with Gasteiger partial charge < -0.3 is 4.90 Å². The summed E-state index contributed by atoms with van der Waals surface area (Å²) in [6.07, 6.45) is 5.09. The Bertz CT molecular complexity index is 1340. The highest BCUT2D eigenvalue weighted by molar-refractivity contribution is 7.96. The van der Waals surface area contributed by atoms with Gasteiger partial charge in [0.25, 0.3) is 0 Å². The third-order valence-corrected chi connectivity index (χ3v) is 9.09. The third-order valence-electron chi connectivity index (χ3n) is 6.10. The molecule has 1 aliphatic heterocycles. The molecule has 34 heavy (non-hydrogen) atoms. The molecule has 1 aromatic carbocycles. The van der Waals surface area contributed by atoms with Gasteiger partial charge in [-0.1, -0.05) is 41.5 Å². The Kier molecular flexibility index (Phi) is 6.57. The number of nitriles is 1. The Morgan fingerprint density at radius 2 is 1.94 bits per heavy atom. The van der Waals surface area contributed by atoms with Crippen molar-refractivity contribution in [3.63, 3.8) is 0 Å². The zero-order valence-corrected chi connectivity index (χ0v) is 21.6. The minimum Gasteiger partial charge on any atom is -0.304 e. The smallest absolute Gasteiger partial charge is 0.214 e. The average Bonchev–Trinajstić information content (AvgIpc) is 3.56. The fourth-order valence-electron chi connectivity index (χ4n) is 4.24. The minimum atomic E-state index is -0.317. The van der Waals surface area contributed by atoms with Gasteiger partial charge in [-0.2, -0.15) is 14.9 Å². The summed E-state index contributed by atoms with van der Waals surface area (Å²) in [5.74, 6) is 1.02. The standard InChI is InChI=1S/C23H24FN7S3/c1-4-17-21(31-23(26-17)34-20(28-31)15-9-11-30(32-3)12-10-15)29(2)22-27-19(18(13-25)33-22)14-5-7-16(24)8-6-14/h5-8,15H,4,9-12H2,1-3H3. The fraction of sp³-hybridized carbons (Fsp3) is 0.391. The summed E-state index contributed by atoms with van der Waals surface area (Å²) in [6.45, 7) is 4.22. The maximum atomic E-state index is 13.4. The molecule has 0 N–H and O–H groups in total. The zero-order chi connectivity index (χ0) is 23.8. The third kappa shape index (κ3) is 4.20. The van der Waals surface area contributed by atoms with Crippen LogP contribution in [0.2, 0.25) is 0 Å². The van der Waals surface area contributed by atoms with E-state index in [-0.39, 0.29) is 5.82 Å². The van der Waals surface area contributed by atoms with Gasteiger partial charge in [-0.25, -0.2) is 14.4 Å². The molecule has 5 rings (SSSR count). The summed E-state index contributed by atoms with van der Waals surface area (Å²) in [7, 11) is 1.94. The number of fused-ring (bicyclic) bond motifs is 1. The van der Waals surface area contributed by atoms with Crippen molar-refractivity contribution in [1.29, 1.82) is 5.26 Å². The van der Waals surface area contributed by atoms with E-state index in [1.54, 1.807) is 23.5 Å². The highest BCUT2D eigenvalue weighted by atomic mass is 32.2. The number of piperidine rings is 1. The molecular weight excluding hydrogens is 490 g/mol. The molecule has 1 fully saturated rings. The van der Waals surface area contributed by atoms with E-state index in [0.717, 1.165) is 59.4 Å². The first-order chi connectivity index (χ1) is 16.5. The number of imidazole rings is 1. The average molecular weight is 514 g/mol. The van der Waals surface area contributed by atoms with Crippen molar-refractivity contribution in [2.75, 3.05) is 31.3 Å². The van der Waals surface area contributed by atoms with Gasteiger partial charge in [-0.3, -0.25) is 4.31 Å². The first-order valence-electron chi connectivity index (χ1n) is 11.1. The van der Waals surface area contributed by atoms with Gasteiger partial charge in [0.1, 0.15) is 27.5 Å². The van der Waals surface area contributed by atoms with E-state index in [0.29, 0.717) is 21.6 Å². The number of halogens is 1. The molecule has 0 saturated carbocycles. The van der Waals surface area contributed by atoms with Crippen molar-refractivity contribution < 1.29 is 4.39 Å². The number of thiazole rings is 1. The van der Waals surface area contributed by atoms with Gasteiger partial charge in [-0.05, 0) is 49.8 Å². The van der Waals surface area contributed by atoms with Crippen LogP contribution in [0, 0.1) is 17.1 Å². The first kappa shape index (κ1) is 23.2. The Morgan fingerprint density at radius 3 is 2.59 bits per heavy atom. The van der Waals surface area contributed by atoms with Crippen LogP contribution in [-0.2, 0) is 6.42 Å². The molecule has 1 aliphatic rings. The number of aromatic nitrogens is 4.